The van der Waals surface area contributed by atoms with E-state index < -0.39 is 0 Å². The molecule has 2 unspecified atom stereocenters. The molecular weight excluding hydrogens is 492 g/mol. The number of thiazole rings is 1. The second kappa shape index (κ2) is 13.6. The summed E-state index contributed by atoms with van der Waals surface area (Å²) in [7, 11) is 1.82. The molecule has 7 nitrogen and oxygen atoms in total. The van der Waals surface area contributed by atoms with Crippen molar-refractivity contribution < 1.29 is 5.11 Å². The van der Waals surface area contributed by atoms with Gasteiger partial charge in [0, 0.05) is 25.9 Å². The molecule has 0 bridgehead atoms. The van der Waals surface area contributed by atoms with E-state index in [1.54, 1.807) is 23.7 Å². The second-order valence-electron chi connectivity index (χ2n) is 9.71. The van der Waals surface area contributed by atoms with Crippen molar-refractivity contribution >= 4 is 33.3 Å². The number of fused-ring (bicyclic) bond motifs is 1. The molecule has 8 heteroatoms. The third-order valence-electron chi connectivity index (χ3n) is 7.23. The fraction of sp³-hybridized carbons (Fsp3) is 0.467. The van der Waals surface area contributed by atoms with Gasteiger partial charge in [0.25, 0.3) is 0 Å². The zero-order chi connectivity index (χ0) is 26.9. The summed E-state index contributed by atoms with van der Waals surface area (Å²) in [5.41, 5.74) is 4.25. The number of aryl methyl sites for hydroxylation is 1. The van der Waals surface area contributed by atoms with Crippen LogP contribution in [-0.2, 0) is 0 Å². The van der Waals surface area contributed by atoms with Gasteiger partial charge in [-0.15, -0.1) is 11.3 Å². The van der Waals surface area contributed by atoms with Crippen LogP contribution in [-0.4, -0.2) is 44.7 Å². The minimum atomic E-state index is 0.250. The minimum Gasteiger partial charge on any atom is -0.396 e. The number of nitrogens with one attached hydrogen (secondary N) is 2. The molecular formula is C30H40N6OS. The molecule has 3 N–H and O–H groups in total. The normalized spacial score (nSPS) is 18.6. The average molecular weight is 533 g/mol. The van der Waals surface area contributed by atoms with Crippen LogP contribution in [0.4, 0.5) is 11.8 Å². The van der Waals surface area contributed by atoms with Crippen LogP contribution in [0.3, 0.4) is 0 Å². The average Bonchev–Trinajstić information content (AvgIpc) is 3.56. The summed E-state index contributed by atoms with van der Waals surface area (Å²) in [6, 6.07) is 13.1. The van der Waals surface area contributed by atoms with E-state index in [0.29, 0.717) is 17.9 Å². The van der Waals surface area contributed by atoms with E-state index in [4.69, 9.17) is 4.98 Å². The van der Waals surface area contributed by atoms with E-state index in [9.17, 15) is 5.11 Å². The van der Waals surface area contributed by atoms with Crippen LogP contribution in [0.1, 0.15) is 69.5 Å². The van der Waals surface area contributed by atoms with Crippen molar-refractivity contribution in [2.75, 3.05) is 24.3 Å². The van der Waals surface area contributed by atoms with Crippen molar-refractivity contribution in [3.63, 3.8) is 0 Å². The van der Waals surface area contributed by atoms with E-state index in [1.165, 1.54) is 24.8 Å². The smallest absolute Gasteiger partial charge is 0.224 e. The van der Waals surface area contributed by atoms with Gasteiger partial charge < -0.3 is 15.7 Å². The van der Waals surface area contributed by atoms with Crippen molar-refractivity contribution in [3.8, 4) is 10.6 Å². The van der Waals surface area contributed by atoms with Crippen LogP contribution >= 0.6 is 11.3 Å². The quantitative estimate of drug-likeness (QED) is 0.245. The van der Waals surface area contributed by atoms with Crippen LogP contribution in [0, 0.1) is 12.8 Å². The van der Waals surface area contributed by atoms with Crippen molar-refractivity contribution in [2.24, 2.45) is 5.92 Å². The molecule has 4 aromatic rings. The Morgan fingerprint density at radius 1 is 1.00 bits per heavy atom. The maximum Gasteiger partial charge on any atom is 0.224 e. The third-order valence-corrected chi connectivity index (χ3v) is 8.29. The maximum absolute atomic E-state index is 9.41. The Labute approximate surface area is 230 Å². The standard InChI is InChI=1S/C18H22N6OS.C10H12.C2H6/c1-10-15(17-23-13-8-20-6-5-14(13)26-17)16(24-18(19-2)21-10)22-12-4-3-11(7-12)9-25;1-2-5-9(6-3-1)10-7-4-8-10;1-2/h5-6,8,11-12,25H,3-4,7,9H2,1-2H3,(H2,19,21,22,24);1-3,5-6,10H,4,7-8H2;1-2H3. The monoisotopic (exact) mass is 532 g/mol. The van der Waals surface area contributed by atoms with E-state index in [-0.39, 0.29) is 6.61 Å². The SMILES string of the molecule is CC.CNc1nc(C)c(-c2nc3cnccc3s2)c(NC2CCC(CO)C2)n1.c1ccc(C2CCC2)cc1. The van der Waals surface area contributed by atoms with Crippen molar-refractivity contribution in [3.05, 3.63) is 60.0 Å². The van der Waals surface area contributed by atoms with Gasteiger partial charge in [-0.25, -0.2) is 9.97 Å². The lowest BCUT2D eigenvalue weighted by molar-refractivity contribution is 0.229. The Morgan fingerprint density at radius 3 is 2.42 bits per heavy atom. The predicted octanol–water partition coefficient (Wildman–Crippen LogP) is 7.05. The van der Waals surface area contributed by atoms with Crippen LogP contribution in [0.5, 0.6) is 0 Å². The van der Waals surface area contributed by atoms with Gasteiger partial charge in [0.2, 0.25) is 5.95 Å². The molecule has 202 valence electrons. The summed E-state index contributed by atoms with van der Waals surface area (Å²) in [4.78, 5) is 18.1. The first-order valence-electron chi connectivity index (χ1n) is 13.8. The largest absolute Gasteiger partial charge is 0.396 e. The molecule has 2 saturated carbocycles. The summed E-state index contributed by atoms with van der Waals surface area (Å²) in [6.07, 6.45) is 10.8. The number of hydrogen-bond donors (Lipinski definition) is 3. The van der Waals surface area contributed by atoms with Crippen LogP contribution in [0.15, 0.2) is 48.8 Å². The zero-order valence-electron chi connectivity index (χ0n) is 22.9. The fourth-order valence-corrected chi connectivity index (χ4v) is 5.99. The number of rotatable bonds is 6. The lowest BCUT2D eigenvalue weighted by Crippen LogP contribution is -2.19. The van der Waals surface area contributed by atoms with Gasteiger partial charge in [-0.05, 0) is 62.5 Å². The van der Waals surface area contributed by atoms with Crippen LogP contribution in [0.2, 0.25) is 0 Å². The molecule has 0 saturated heterocycles. The van der Waals surface area contributed by atoms with Gasteiger partial charge in [-0.2, -0.15) is 4.98 Å². The number of benzene rings is 1. The molecule has 3 heterocycles. The molecule has 2 fully saturated rings. The number of aliphatic hydroxyl groups excluding tert-OH is 1. The number of aromatic nitrogens is 4. The summed E-state index contributed by atoms with van der Waals surface area (Å²) < 4.78 is 1.10. The van der Waals surface area contributed by atoms with Gasteiger partial charge >= 0.3 is 0 Å². The molecule has 6 rings (SSSR count). The maximum atomic E-state index is 9.41. The molecule has 0 aliphatic heterocycles. The van der Waals surface area contributed by atoms with Gasteiger partial charge in [0.1, 0.15) is 16.3 Å². The lowest BCUT2D eigenvalue weighted by atomic mass is 9.80. The van der Waals surface area contributed by atoms with Gasteiger partial charge in [0.15, 0.2) is 0 Å². The lowest BCUT2D eigenvalue weighted by Gasteiger charge is -2.25. The van der Waals surface area contributed by atoms with Crippen molar-refractivity contribution in [2.45, 2.75) is 71.3 Å². The first kappa shape index (κ1) is 27.9. The molecule has 0 spiro atoms. The van der Waals surface area contributed by atoms with Crippen molar-refractivity contribution in [1.29, 1.82) is 0 Å². The summed E-state index contributed by atoms with van der Waals surface area (Å²) in [5.74, 6) is 2.66. The minimum absolute atomic E-state index is 0.250. The molecule has 1 aromatic carbocycles. The van der Waals surface area contributed by atoms with Crippen LogP contribution < -0.4 is 10.6 Å². The Kier molecular flexibility index (Phi) is 10.0. The third kappa shape index (κ3) is 6.66. The van der Waals surface area contributed by atoms with Gasteiger partial charge in [-0.3, -0.25) is 4.98 Å². The number of hydrogen-bond acceptors (Lipinski definition) is 8. The molecule has 0 amide bonds. The summed E-state index contributed by atoms with van der Waals surface area (Å²) >= 11 is 1.62. The topological polar surface area (TPSA) is 95.9 Å². The van der Waals surface area contributed by atoms with Gasteiger partial charge in [0.05, 0.1) is 22.2 Å². The molecule has 2 aliphatic rings. The zero-order valence-corrected chi connectivity index (χ0v) is 23.8. The second-order valence-corrected chi connectivity index (χ2v) is 10.7. The number of aliphatic hydroxyl groups is 1. The Hall–Kier alpha value is -3.10. The molecule has 2 atom stereocenters. The van der Waals surface area contributed by atoms with Crippen LogP contribution in [0.25, 0.3) is 20.8 Å². The molecule has 0 radical (unpaired) electrons. The summed E-state index contributed by atoms with van der Waals surface area (Å²) in [5, 5.41) is 16.9. The van der Waals surface area contributed by atoms with Crippen molar-refractivity contribution in [1.82, 2.24) is 19.9 Å². The number of anilines is 2. The van der Waals surface area contributed by atoms with E-state index in [1.807, 2.05) is 33.9 Å². The highest BCUT2D eigenvalue weighted by Gasteiger charge is 2.26. The first-order valence-corrected chi connectivity index (χ1v) is 14.7. The molecule has 38 heavy (non-hydrogen) atoms. The fourth-order valence-electron chi connectivity index (χ4n) is 4.96. The number of pyridine rings is 1. The van der Waals surface area contributed by atoms with E-state index in [0.717, 1.165) is 57.5 Å². The predicted molar refractivity (Wildman–Crippen MR) is 159 cm³/mol. The summed E-state index contributed by atoms with van der Waals surface area (Å²) in [6.45, 7) is 6.24. The molecule has 3 aromatic heterocycles. The first-order chi connectivity index (χ1) is 18.6. The highest BCUT2D eigenvalue weighted by Crippen LogP contribution is 2.38. The Morgan fingerprint density at radius 2 is 1.79 bits per heavy atom. The highest BCUT2D eigenvalue weighted by atomic mass is 32.1. The van der Waals surface area contributed by atoms with E-state index >= 15 is 0 Å². The highest BCUT2D eigenvalue weighted by molar-refractivity contribution is 7.21. The van der Waals surface area contributed by atoms with E-state index in [2.05, 4.69) is 55.9 Å². The van der Waals surface area contributed by atoms with Gasteiger partial charge in [-0.1, -0.05) is 50.6 Å². The molecule has 2 aliphatic carbocycles. The Balaban J connectivity index is 0.000000233. The number of nitrogens with zero attached hydrogens (tertiary/aromatic N) is 4. The Bertz CT molecular complexity index is 1260.